The zero-order chi connectivity index (χ0) is 23.0. The standard InChI is InChI=1S/C23H24ClN3O4S/c1-14-4-5-16(10-15(14)2)21-12-20(26-27(21)18-8-9-32(29,30)13-18)23(28)25-17-6-7-22(31-3)19(24)11-17/h4-7,10-12,18H,8-9,13H2,1-3H3,(H,25,28)/t18-/m0/s1. The van der Waals surface area contributed by atoms with Crippen LogP contribution in [0.5, 0.6) is 5.75 Å². The SMILES string of the molecule is COc1ccc(NC(=O)c2cc(-c3ccc(C)c(C)c3)n([C@H]3CCS(=O)(=O)C3)n2)cc1Cl. The van der Waals surface area contributed by atoms with Crippen LogP contribution in [0.25, 0.3) is 11.3 Å². The summed E-state index contributed by atoms with van der Waals surface area (Å²) in [6.45, 7) is 4.04. The van der Waals surface area contributed by atoms with Crippen molar-refractivity contribution >= 4 is 33.0 Å². The number of rotatable bonds is 5. The Balaban J connectivity index is 1.70. The van der Waals surface area contributed by atoms with Crippen LogP contribution in [0.4, 0.5) is 5.69 Å². The van der Waals surface area contributed by atoms with Crippen molar-refractivity contribution in [2.24, 2.45) is 0 Å². The van der Waals surface area contributed by atoms with E-state index in [1.54, 1.807) is 28.9 Å². The molecule has 1 saturated heterocycles. The second-order valence-electron chi connectivity index (χ2n) is 8.02. The van der Waals surface area contributed by atoms with Gasteiger partial charge in [-0.3, -0.25) is 9.48 Å². The quantitative estimate of drug-likeness (QED) is 0.591. The molecule has 1 aliphatic rings. The highest BCUT2D eigenvalue weighted by atomic mass is 35.5. The van der Waals surface area contributed by atoms with Gasteiger partial charge in [0.1, 0.15) is 5.75 Å². The minimum atomic E-state index is -3.12. The van der Waals surface area contributed by atoms with Gasteiger partial charge in [0.15, 0.2) is 15.5 Å². The molecular formula is C23H24ClN3O4S. The average Bonchev–Trinajstić information content (AvgIpc) is 3.33. The fraction of sp³-hybridized carbons (Fsp3) is 0.304. The third kappa shape index (κ3) is 4.52. The molecule has 1 aromatic heterocycles. The number of hydrogen-bond donors (Lipinski definition) is 1. The van der Waals surface area contributed by atoms with Gasteiger partial charge in [-0.05, 0) is 61.7 Å². The van der Waals surface area contributed by atoms with E-state index in [0.29, 0.717) is 28.6 Å². The molecule has 32 heavy (non-hydrogen) atoms. The first-order chi connectivity index (χ1) is 15.2. The summed E-state index contributed by atoms with van der Waals surface area (Å²) in [5.74, 6) is 0.238. The molecule has 1 fully saturated rings. The molecule has 1 aliphatic heterocycles. The van der Waals surface area contributed by atoms with Crippen molar-refractivity contribution in [1.29, 1.82) is 0 Å². The molecule has 0 aliphatic carbocycles. The summed E-state index contributed by atoms with van der Waals surface area (Å²) in [6, 6.07) is 12.3. The number of anilines is 1. The highest BCUT2D eigenvalue weighted by Gasteiger charge is 2.32. The topological polar surface area (TPSA) is 90.3 Å². The van der Waals surface area contributed by atoms with Crippen LogP contribution < -0.4 is 10.1 Å². The van der Waals surface area contributed by atoms with Crippen LogP contribution in [-0.2, 0) is 9.84 Å². The molecule has 2 aromatic carbocycles. The number of benzene rings is 2. The largest absolute Gasteiger partial charge is 0.495 e. The number of hydrogen-bond acceptors (Lipinski definition) is 5. The number of carbonyl (C=O) groups excluding carboxylic acids is 1. The van der Waals surface area contributed by atoms with Crippen molar-refractivity contribution in [2.45, 2.75) is 26.3 Å². The Hall–Kier alpha value is -2.84. The number of ether oxygens (including phenoxy) is 1. The molecule has 7 nitrogen and oxygen atoms in total. The van der Waals surface area contributed by atoms with E-state index < -0.39 is 15.7 Å². The number of nitrogens with zero attached hydrogens (tertiary/aromatic N) is 2. The normalized spacial score (nSPS) is 17.3. The van der Waals surface area contributed by atoms with E-state index in [2.05, 4.69) is 10.4 Å². The summed E-state index contributed by atoms with van der Waals surface area (Å²) < 4.78 is 31.0. The van der Waals surface area contributed by atoms with Gasteiger partial charge in [-0.15, -0.1) is 0 Å². The average molecular weight is 474 g/mol. The molecule has 0 saturated carbocycles. The van der Waals surface area contributed by atoms with Crippen molar-refractivity contribution in [3.8, 4) is 17.0 Å². The number of methoxy groups -OCH3 is 1. The maximum Gasteiger partial charge on any atom is 0.276 e. The first kappa shape index (κ1) is 22.4. The highest BCUT2D eigenvalue weighted by Crippen LogP contribution is 2.32. The monoisotopic (exact) mass is 473 g/mol. The lowest BCUT2D eigenvalue weighted by molar-refractivity contribution is 0.102. The van der Waals surface area contributed by atoms with Crippen molar-refractivity contribution in [3.05, 3.63) is 64.3 Å². The van der Waals surface area contributed by atoms with E-state index in [9.17, 15) is 13.2 Å². The van der Waals surface area contributed by atoms with Crippen LogP contribution in [0.1, 0.15) is 34.1 Å². The Morgan fingerprint density at radius 1 is 1.16 bits per heavy atom. The summed E-state index contributed by atoms with van der Waals surface area (Å²) in [7, 11) is -1.60. The molecule has 0 unspecified atom stereocenters. The summed E-state index contributed by atoms with van der Waals surface area (Å²) in [5, 5.41) is 7.70. The van der Waals surface area contributed by atoms with Gasteiger partial charge in [0.2, 0.25) is 0 Å². The van der Waals surface area contributed by atoms with Crippen LogP contribution >= 0.6 is 11.6 Å². The molecule has 168 valence electrons. The van der Waals surface area contributed by atoms with Gasteiger partial charge >= 0.3 is 0 Å². The molecule has 1 atom stereocenters. The Morgan fingerprint density at radius 3 is 2.56 bits per heavy atom. The van der Waals surface area contributed by atoms with Gasteiger partial charge in [-0.1, -0.05) is 23.7 Å². The number of nitrogens with one attached hydrogen (secondary N) is 1. The van der Waals surface area contributed by atoms with Crippen molar-refractivity contribution in [3.63, 3.8) is 0 Å². The van der Waals surface area contributed by atoms with Gasteiger partial charge < -0.3 is 10.1 Å². The molecule has 0 radical (unpaired) electrons. The lowest BCUT2D eigenvalue weighted by Gasteiger charge is -2.14. The predicted molar refractivity (Wildman–Crippen MR) is 125 cm³/mol. The van der Waals surface area contributed by atoms with Crippen LogP contribution in [0, 0.1) is 13.8 Å². The molecule has 1 amide bonds. The zero-order valence-electron chi connectivity index (χ0n) is 18.1. The van der Waals surface area contributed by atoms with E-state index in [1.165, 1.54) is 7.11 Å². The van der Waals surface area contributed by atoms with E-state index in [0.717, 1.165) is 16.7 Å². The number of amides is 1. The molecule has 9 heteroatoms. The summed E-state index contributed by atoms with van der Waals surface area (Å²) >= 11 is 6.16. The summed E-state index contributed by atoms with van der Waals surface area (Å²) in [4.78, 5) is 13.0. The molecule has 0 bridgehead atoms. The van der Waals surface area contributed by atoms with Crippen LogP contribution in [0.3, 0.4) is 0 Å². The smallest absolute Gasteiger partial charge is 0.276 e. The van der Waals surface area contributed by atoms with Crippen LogP contribution in [0.2, 0.25) is 5.02 Å². The second-order valence-corrected chi connectivity index (χ2v) is 10.7. The molecule has 3 aromatic rings. The van der Waals surface area contributed by atoms with E-state index >= 15 is 0 Å². The van der Waals surface area contributed by atoms with Crippen LogP contribution in [0.15, 0.2) is 42.5 Å². The van der Waals surface area contributed by atoms with Crippen molar-refractivity contribution in [1.82, 2.24) is 9.78 Å². The molecule has 1 N–H and O–H groups in total. The maximum absolute atomic E-state index is 13.0. The van der Waals surface area contributed by atoms with Crippen molar-refractivity contribution < 1.29 is 17.9 Å². The third-order valence-electron chi connectivity index (χ3n) is 5.73. The first-order valence-electron chi connectivity index (χ1n) is 10.2. The Kier molecular flexibility index (Phi) is 6.01. The van der Waals surface area contributed by atoms with E-state index in [1.807, 2.05) is 32.0 Å². The van der Waals surface area contributed by atoms with Gasteiger partial charge in [0.25, 0.3) is 5.91 Å². The Morgan fingerprint density at radius 2 is 1.94 bits per heavy atom. The molecule has 2 heterocycles. The molecule has 4 rings (SSSR count). The fourth-order valence-electron chi connectivity index (χ4n) is 3.81. The lowest BCUT2D eigenvalue weighted by Crippen LogP contribution is -2.16. The molecule has 0 spiro atoms. The number of aryl methyl sites for hydroxylation is 2. The third-order valence-corrected chi connectivity index (χ3v) is 7.78. The number of sulfone groups is 1. The van der Waals surface area contributed by atoms with E-state index in [4.69, 9.17) is 16.3 Å². The Labute approximate surface area is 192 Å². The van der Waals surface area contributed by atoms with Gasteiger partial charge in [0, 0.05) is 11.3 Å². The minimum Gasteiger partial charge on any atom is -0.495 e. The van der Waals surface area contributed by atoms with Crippen molar-refractivity contribution in [2.75, 3.05) is 23.9 Å². The maximum atomic E-state index is 13.0. The highest BCUT2D eigenvalue weighted by molar-refractivity contribution is 7.91. The fourth-order valence-corrected chi connectivity index (χ4v) is 5.76. The van der Waals surface area contributed by atoms with E-state index in [-0.39, 0.29) is 23.2 Å². The lowest BCUT2D eigenvalue weighted by atomic mass is 10.0. The summed E-state index contributed by atoms with van der Waals surface area (Å²) in [5.41, 5.74) is 4.57. The molecular weight excluding hydrogens is 450 g/mol. The van der Waals surface area contributed by atoms with Crippen LogP contribution in [-0.4, -0.2) is 42.7 Å². The minimum absolute atomic E-state index is 0.0155. The second kappa shape index (κ2) is 8.60. The van der Waals surface area contributed by atoms with Gasteiger partial charge in [-0.25, -0.2) is 8.42 Å². The Bertz CT molecular complexity index is 1300. The number of aromatic nitrogens is 2. The predicted octanol–water partition coefficient (Wildman–Crippen LogP) is 4.44. The zero-order valence-corrected chi connectivity index (χ0v) is 19.6. The first-order valence-corrected chi connectivity index (χ1v) is 12.4. The van der Waals surface area contributed by atoms with Gasteiger partial charge in [0.05, 0.1) is 35.4 Å². The summed E-state index contributed by atoms with van der Waals surface area (Å²) in [6.07, 6.45) is 0.469. The number of halogens is 1. The van der Waals surface area contributed by atoms with Gasteiger partial charge in [-0.2, -0.15) is 5.10 Å². The number of carbonyl (C=O) groups is 1.